The highest BCUT2D eigenvalue weighted by Crippen LogP contribution is 2.36. The maximum Gasteiger partial charge on any atom is 0.329 e. The van der Waals surface area contributed by atoms with E-state index in [4.69, 9.17) is 21.4 Å². The normalized spacial score (nSPS) is 15.9. The third-order valence-corrected chi connectivity index (χ3v) is 3.21. The van der Waals surface area contributed by atoms with Gasteiger partial charge in [-0.25, -0.2) is 9.69 Å². The van der Waals surface area contributed by atoms with Gasteiger partial charge in [-0.1, -0.05) is 11.6 Å². The summed E-state index contributed by atoms with van der Waals surface area (Å²) in [6, 6.07) is 2.00. The lowest BCUT2D eigenvalue weighted by molar-refractivity contribution is -0.140. The molecule has 1 aliphatic rings. The highest BCUT2D eigenvalue weighted by molar-refractivity contribution is 6.32. The molecule has 0 spiro atoms. The summed E-state index contributed by atoms with van der Waals surface area (Å²) < 4.78 is 5.22. The van der Waals surface area contributed by atoms with E-state index < -0.39 is 24.5 Å². The Hall–Kier alpha value is -2.74. The maximum atomic E-state index is 12.0. The highest BCUT2D eigenvalue weighted by atomic mass is 35.5. The van der Waals surface area contributed by atoms with Crippen LogP contribution in [0.5, 0.6) is 11.5 Å². The van der Waals surface area contributed by atoms with Crippen molar-refractivity contribution in [3.8, 4) is 11.5 Å². The van der Waals surface area contributed by atoms with Gasteiger partial charge in [0.05, 0.1) is 11.6 Å². The summed E-state index contributed by atoms with van der Waals surface area (Å²) in [5.41, 5.74) is 0.303. The Morgan fingerprint density at radius 3 is 2.74 bits per heavy atom. The molecule has 122 valence electrons. The maximum absolute atomic E-state index is 12.0. The second-order valence-electron chi connectivity index (χ2n) is 4.56. The quantitative estimate of drug-likeness (QED) is 0.551. The van der Waals surface area contributed by atoms with Gasteiger partial charge in [0, 0.05) is 0 Å². The first-order valence-electron chi connectivity index (χ1n) is 6.55. The van der Waals surface area contributed by atoms with Gasteiger partial charge < -0.3 is 20.3 Å². The second-order valence-corrected chi connectivity index (χ2v) is 4.96. The Kier molecular flexibility index (Phi) is 4.75. The number of carbonyl (C=O) groups excluding carboxylic acids is 2. The van der Waals surface area contributed by atoms with Crippen molar-refractivity contribution in [3.63, 3.8) is 0 Å². The van der Waals surface area contributed by atoms with E-state index in [2.05, 4.69) is 5.32 Å². The van der Waals surface area contributed by atoms with Crippen molar-refractivity contribution >= 4 is 35.6 Å². The predicted molar refractivity (Wildman–Crippen MR) is 80.1 cm³/mol. The number of halogens is 1. The lowest BCUT2D eigenvalue weighted by Crippen LogP contribution is -2.35. The van der Waals surface area contributed by atoms with Gasteiger partial charge in [0.15, 0.2) is 11.5 Å². The number of imide groups is 1. The van der Waals surface area contributed by atoms with Crippen molar-refractivity contribution in [2.24, 2.45) is 0 Å². The lowest BCUT2D eigenvalue weighted by atomic mass is 10.1. The van der Waals surface area contributed by atoms with Gasteiger partial charge >= 0.3 is 12.0 Å². The summed E-state index contributed by atoms with van der Waals surface area (Å²) in [5.74, 6) is -2.17. The Bertz CT molecular complexity index is 715. The molecule has 9 heteroatoms. The first-order chi connectivity index (χ1) is 10.8. The zero-order chi connectivity index (χ0) is 17.1. The lowest BCUT2D eigenvalue weighted by Gasteiger charge is -2.09. The number of amides is 3. The number of aliphatic carboxylic acids is 1. The van der Waals surface area contributed by atoms with E-state index in [1.165, 1.54) is 18.2 Å². The average Bonchev–Trinajstić information content (AvgIpc) is 2.72. The van der Waals surface area contributed by atoms with Gasteiger partial charge in [-0.3, -0.25) is 9.59 Å². The standard InChI is InChI=1S/C14H13ClN2O6/c1-2-23-10-5-7(3-8(15)12(10)20)4-9-13(21)17(6-11(18)19)14(22)16-9/h3-5,20H,2,6H2,1H3,(H,16,22)(H,18,19)/b9-4+. The third kappa shape index (κ3) is 3.54. The summed E-state index contributed by atoms with van der Waals surface area (Å²) in [7, 11) is 0. The van der Waals surface area contributed by atoms with Gasteiger partial charge in [-0.05, 0) is 30.7 Å². The van der Waals surface area contributed by atoms with E-state index in [0.29, 0.717) is 17.1 Å². The molecular weight excluding hydrogens is 328 g/mol. The van der Waals surface area contributed by atoms with Gasteiger partial charge in [0.2, 0.25) is 0 Å². The van der Waals surface area contributed by atoms with Crippen molar-refractivity contribution in [2.45, 2.75) is 6.92 Å². The molecule has 0 unspecified atom stereocenters. The number of carbonyl (C=O) groups is 3. The molecule has 3 N–H and O–H groups in total. The number of phenolic OH excluding ortho intramolecular Hbond substituents is 1. The molecule has 0 atom stereocenters. The summed E-state index contributed by atoms with van der Waals surface area (Å²) >= 11 is 5.88. The summed E-state index contributed by atoms with van der Waals surface area (Å²) in [4.78, 5) is 34.9. The van der Waals surface area contributed by atoms with Crippen LogP contribution in [-0.2, 0) is 9.59 Å². The van der Waals surface area contributed by atoms with Crippen molar-refractivity contribution in [1.82, 2.24) is 10.2 Å². The van der Waals surface area contributed by atoms with Crippen molar-refractivity contribution in [1.29, 1.82) is 0 Å². The van der Waals surface area contributed by atoms with E-state index in [1.807, 2.05) is 0 Å². The van der Waals surface area contributed by atoms with Crippen LogP contribution in [0.25, 0.3) is 6.08 Å². The fourth-order valence-corrected chi connectivity index (χ4v) is 2.18. The largest absolute Gasteiger partial charge is 0.503 e. The van der Waals surface area contributed by atoms with Crippen molar-refractivity contribution < 1.29 is 29.3 Å². The molecule has 23 heavy (non-hydrogen) atoms. The molecule has 1 saturated heterocycles. The minimum Gasteiger partial charge on any atom is -0.503 e. The molecule has 1 aliphatic heterocycles. The molecule has 3 amide bonds. The molecule has 0 radical (unpaired) electrons. The van der Waals surface area contributed by atoms with E-state index in [-0.39, 0.29) is 22.2 Å². The summed E-state index contributed by atoms with van der Waals surface area (Å²) in [6.45, 7) is 1.29. The number of phenols is 1. The van der Waals surface area contributed by atoms with Crippen LogP contribution < -0.4 is 10.1 Å². The number of hydrogen-bond donors (Lipinski definition) is 3. The molecule has 1 aromatic carbocycles. The minimum absolute atomic E-state index is 0.0157. The van der Waals surface area contributed by atoms with E-state index in [9.17, 15) is 19.5 Å². The molecule has 2 rings (SSSR count). The number of urea groups is 1. The number of benzene rings is 1. The third-order valence-electron chi connectivity index (χ3n) is 2.92. The van der Waals surface area contributed by atoms with Gasteiger partial charge in [-0.15, -0.1) is 0 Å². The smallest absolute Gasteiger partial charge is 0.329 e. The molecule has 0 bridgehead atoms. The van der Waals surface area contributed by atoms with E-state index >= 15 is 0 Å². The first kappa shape index (κ1) is 16.6. The number of carboxylic acid groups (broad SMARTS) is 1. The molecule has 1 aromatic rings. The SMILES string of the molecule is CCOc1cc(/C=C2/NC(=O)N(CC(=O)O)C2=O)cc(Cl)c1O. The number of carboxylic acids is 1. The Labute approximate surface area is 135 Å². The number of nitrogens with zero attached hydrogens (tertiary/aromatic N) is 1. The first-order valence-corrected chi connectivity index (χ1v) is 6.93. The highest BCUT2D eigenvalue weighted by Gasteiger charge is 2.34. The van der Waals surface area contributed by atoms with Crippen LogP contribution in [0.15, 0.2) is 17.8 Å². The molecule has 1 heterocycles. The molecule has 8 nitrogen and oxygen atoms in total. The fourth-order valence-electron chi connectivity index (χ4n) is 1.96. The van der Waals surface area contributed by atoms with E-state index in [1.54, 1.807) is 6.92 Å². The topological polar surface area (TPSA) is 116 Å². The Morgan fingerprint density at radius 2 is 2.13 bits per heavy atom. The predicted octanol–water partition coefficient (Wildman–Crippen LogP) is 1.42. The van der Waals surface area contributed by atoms with Crippen molar-refractivity contribution in [3.05, 3.63) is 28.4 Å². The molecule has 0 aliphatic carbocycles. The summed E-state index contributed by atoms with van der Waals surface area (Å²) in [6.07, 6.45) is 1.32. The monoisotopic (exact) mass is 340 g/mol. The Morgan fingerprint density at radius 1 is 1.43 bits per heavy atom. The van der Waals surface area contributed by atoms with Crippen LogP contribution in [-0.4, -0.2) is 46.2 Å². The second kappa shape index (κ2) is 6.57. The molecular formula is C14H13ClN2O6. The molecule has 0 saturated carbocycles. The summed E-state index contributed by atoms with van der Waals surface area (Å²) in [5, 5.41) is 20.8. The van der Waals surface area contributed by atoms with Crippen LogP contribution in [0.3, 0.4) is 0 Å². The fraction of sp³-hybridized carbons (Fsp3) is 0.214. The van der Waals surface area contributed by atoms with Crippen LogP contribution >= 0.6 is 11.6 Å². The zero-order valence-electron chi connectivity index (χ0n) is 12.0. The van der Waals surface area contributed by atoms with Crippen LogP contribution in [0.2, 0.25) is 5.02 Å². The number of nitrogens with one attached hydrogen (secondary N) is 1. The Balaban J connectivity index is 2.34. The van der Waals surface area contributed by atoms with Gasteiger partial charge in [0.25, 0.3) is 5.91 Å². The van der Waals surface area contributed by atoms with Crippen LogP contribution in [0.1, 0.15) is 12.5 Å². The van der Waals surface area contributed by atoms with Crippen molar-refractivity contribution in [2.75, 3.05) is 13.2 Å². The number of aromatic hydroxyl groups is 1. The van der Waals surface area contributed by atoms with Gasteiger partial charge in [-0.2, -0.15) is 0 Å². The molecule has 0 aromatic heterocycles. The van der Waals surface area contributed by atoms with E-state index in [0.717, 1.165) is 0 Å². The number of ether oxygens (including phenoxy) is 1. The minimum atomic E-state index is -1.30. The zero-order valence-corrected chi connectivity index (χ0v) is 12.8. The van der Waals surface area contributed by atoms with Crippen LogP contribution in [0.4, 0.5) is 4.79 Å². The molecule has 1 fully saturated rings. The van der Waals surface area contributed by atoms with Gasteiger partial charge in [0.1, 0.15) is 12.2 Å². The number of rotatable bonds is 5. The number of hydrogen-bond acceptors (Lipinski definition) is 5. The average molecular weight is 341 g/mol. The van der Waals surface area contributed by atoms with Crippen LogP contribution in [0, 0.1) is 0 Å².